The van der Waals surface area contributed by atoms with Gasteiger partial charge >= 0.3 is 0 Å². The molecular weight excluding hydrogens is 166 g/mol. The first-order chi connectivity index (χ1) is 6.29. The summed E-state index contributed by atoms with van der Waals surface area (Å²) in [6.45, 7) is 0.346. The molecule has 1 aliphatic heterocycles. The molecule has 0 amide bonds. The first-order valence-corrected chi connectivity index (χ1v) is 4.13. The van der Waals surface area contributed by atoms with Crippen molar-refractivity contribution in [2.24, 2.45) is 0 Å². The largest absolute Gasteiger partial charge is 0.491 e. The second kappa shape index (κ2) is 3.08. The molecular formula is C10H9NO2. The number of nitrogens with zero attached hydrogens (tertiary/aromatic N) is 1. The van der Waals surface area contributed by atoms with Gasteiger partial charge in [-0.2, -0.15) is 5.26 Å². The van der Waals surface area contributed by atoms with Crippen molar-refractivity contribution in [2.75, 3.05) is 6.61 Å². The van der Waals surface area contributed by atoms with Crippen LogP contribution >= 0.6 is 0 Å². The first kappa shape index (κ1) is 8.09. The molecule has 1 aromatic carbocycles. The van der Waals surface area contributed by atoms with Gasteiger partial charge in [-0.25, -0.2) is 0 Å². The van der Waals surface area contributed by atoms with Gasteiger partial charge in [-0.05, 0) is 23.8 Å². The lowest BCUT2D eigenvalue weighted by atomic mass is 10.0. The van der Waals surface area contributed by atoms with E-state index in [-0.39, 0.29) is 0 Å². The summed E-state index contributed by atoms with van der Waals surface area (Å²) in [6.07, 6.45) is 0.131. The van der Waals surface area contributed by atoms with E-state index < -0.39 is 6.10 Å². The lowest BCUT2D eigenvalue weighted by Gasteiger charge is -2.21. The van der Waals surface area contributed by atoms with Gasteiger partial charge in [-0.1, -0.05) is 0 Å². The number of fused-ring (bicyclic) bond motifs is 1. The lowest BCUT2D eigenvalue weighted by molar-refractivity contribution is 0.0921. The molecule has 0 aliphatic carbocycles. The summed E-state index contributed by atoms with van der Waals surface area (Å²) in [4.78, 5) is 0. The smallest absolute Gasteiger partial charge is 0.122 e. The van der Waals surface area contributed by atoms with Gasteiger partial charge in [-0.15, -0.1) is 0 Å². The van der Waals surface area contributed by atoms with Crippen LogP contribution in [0.1, 0.15) is 11.1 Å². The molecule has 13 heavy (non-hydrogen) atoms. The van der Waals surface area contributed by atoms with Gasteiger partial charge in [0.15, 0.2) is 0 Å². The number of benzene rings is 1. The van der Waals surface area contributed by atoms with E-state index >= 15 is 0 Å². The highest BCUT2D eigenvalue weighted by Gasteiger charge is 2.17. The molecule has 0 radical (unpaired) electrons. The number of nitriles is 1. The predicted octanol–water partition coefficient (Wildman–Crippen LogP) is 0.854. The van der Waals surface area contributed by atoms with E-state index in [4.69, 9.17) is 10.00 Å². The number of rotatable bonds is 0. The Morgan fingerprint density at radius 1 is 1.54 bits per heavy atom. The van der Waals surface area contributed by atoms with Crippen LogP contribution in [0.25, 0.3) is 0 Å². The third-order valence-electron chi connectivity index (χ3n) is 2.08. The summed E-state index contributed by atoms with van der Waals surface area (Å²) in [5.74, 6) is 0.782. The van der Waals surface area contributed by atoms with Crippen LogP contribution in [-0.2, 0) is 6.42 Å². The van der Waals surface area contributed by atoms with E-state index in [0.29, 0.717) is 18.6 Å². The van der Waals surface area contributed by atoms with Crippen molar-refractivity contribution in [3.63, 3.8) is 0 Å². The van der Waals surface area contributed by atoms with Crippen LogP contribution < -0.4 is 4.74 Å². The SMILES string of the molecule is N#Cc1ccc2c(c1)CC(O)CO2. The highest BCUT2D eigenvalue weighted by atomic mass is 16.5. The molecule has 1 N–H and O–H groups in total. The molecule has 0 bridgehead atoms. The van der Waals surface area contributed by atoms with Gasteiger partial charge in [-0.3, -0.25) is 0 Å². The minimum atomic E-state index is -0.443. The standard InChI is InChI=1S/C10H9NO2/c11-5-7-1-2-10-8(3-7)4-9(12)6-13-10/h1-3,9,12H,4,6H2. The van der Waals surface area contributed by atoms with Crippen molar-refractivity contribution in [3.05, 3.63) is 29.3 Å². The van der Waals surface area contributed by atoms with Crippen molar-refractivity contribution in [1.29, 1.82) is 5.26 Å². The van der Waals surface area contributed by atoms with E-state index in [2.05, 4.69) is 6.07 Å². The zero-order valence-corrected chi connectivity index (χ0v) is 7.03. The van der Waals surface area contributed by atoms with Crippen molar-refractivity contribution >= 4 is 0 Å². The van der Waals surface area contributed by atoms with Crippen LogP contribution in [-0.4, -0.2) is 17.8 Å². The molecule has 1 aliphatic rings. The van der Waals surface area contributed by atoms with Crippen molar-refractivity contribution < 1.29 is 9.84 Å². The minimum Gasteiger partial charge on any atom is -0.491 e. The number of aliphatic hydroxyl groups excluding tert-OH is 1. The van der Waals surface area contributed by atoms with Gasteiger partial charge in [0.25, 0.3) is 0 Å². The third kappa shape index (κ3) is 1.49. The lowest BCUT2D eigenvalue weighted by Crippen LogP contribution is -2.25. The molecule has 3 nitrogen and oxygen atoms in total. The van der Waals surface area contributed by atoms with Gasteiger partial charge < -0.3 is 9.84 Å². The molecule has 3 heteroatoms. The van der Waals surface area contributed by atoms with Crippen molar-refractivity contribution in [3.8, 4) is 11.8 Å². The second-order valence-electron chi connectivity index (χ2n) is 3.10. The molecule has 66 valence electrons. The van der Waals surface area contributed by atoms with E-state index in [0.717, 1.165) is 11.3 Å². The topological polar surface area (TPSA) is 53.2 Å². The Bertz CT molecular complexity index is 368. The molecule has 0 saturated carbocycles. The fraction of sp³-hybridized carbons (Fsp3) is 0.300. The maximum Gasteiger partial charge on any atom is 0.122 e. The second-order valence-corrected chi connectivity index (χ2v) is 3.10. The summed E-state index contributed by atoms with van der Waals surface area (Å²) >= 11 is 0. The summed E-state index contributed by atoms with van der Waals surface area (Å²) in [6, 6.07) is 7.31. The molecule has 1 aromatic rings. The summed E-state index contributed by atoms with van der Waals surface area (Å²) in [5.41, 5.74) is 1.52. The molecule has 2 rings (SSSR count). The van der Waals surface area contributed by atoms with Gasteiger partial charge in [0.2, 0.25) is 0 Å². The maximum atomic E-state index is 9.31. The van der Waals surface area contributed by atoms with Crippen LogP contribution in [0.5, 0.6) is 5.75 Å². The highest BCUT2D eigenvalue weighted by molar-refractivity contribution is 5.43. The average molecular weight is 175 g/mol. The van der Waals surface area contributed by atoms with Crippen LogP contribution in [0, 0.1) is 11.3 Å². The minimum absolute atomic E-state index is 0.346. The monoisotopic (exact) mass is 175 g/mol. The molecule has 0 spiro atoms. The van der Waals surface area contributed by atoms with E-state index in [9.17, 15) is 5.11 Å². The number of hydrogen-bond donors (Lipinski definition) is 1. The van der Waals surface area contributed by atoms with Crippen LogP contribution in [0.2, 0.25) is 0 Å². The Morgan fingerprint density at radius 3 is 3.15 bits per heavy atom. The Balaban J connectivity index is 2.39. The van der Waals surface area contributed by atoms with Gasteiger partial charge in [0.05, 0.1) is 17.7 Å². The third-order valence-corrected chi connectivity index (χ3v) is 2.08. The zero-order valence-electron chi connectivity index (χ0n) is 7.03. The molecule has 0 fully saturated rings. The van der Waals surface area contributed by atoms with E-state index in [1.807, 2.05) is 0 Å². The van der Waals surface area contributed by atoms with E-state index in [1.54, 1.807) is 18.2 Å². The Kier molecular flexibility index (Phi) is 1.91. The van der Waals surface area contributed by atoms with Crippen LogP contribution in [0.3, 0.4) is 0 Å². The number of aliphatic hydroxyl groups is 1. The molecule has 1 unspecified atom stereocenters. The Hall–Kier alpha value is -1.53. The van der Waals surface area contributed by atoms with Crippen LogP contribution in [0.15, 0.2) is 18.2 Å². The average Bonchev–Trinajstić information content (AvgIpc) is 2.16. The molecule has 1 heterocycles. The van der Waals surface area contributed by atoms with Crippen LogP contribution in [0.4, 0.5) is 0 Å². The Morgan fingerprint density at radius 2 is 2.38 bits per heavy atom. The summed E-state index contributed by atoms with van der Waals surface area (Å²) in [5, 5.41) is 18.0. The first-order valence-electron chi connectivity index (χ1n) is 4.13. The normalized spacial score (nSPS) is 19.8. The number of hydrogen-bond acceptors (Lipinski definition) is 3. The molecule has 0 aromatic heterocycles. The van der Waals surface area contributed by atoms with E-state index in [1.165, 1.54) is 0 Å². The molecule has 1 atom stereocenters. The summed E-state index contributed by atoms with van der Waals surface area (Å²) in [7, 11) is 0. The van der Waals surface area contributed by atoms with Crippen molar-refractivity contribution in [2.45, 2.75) is 12.5 Å². The Labute approximate surface area is 76.2 Å². The maximum absolute atomic E-state index is 9.31. The summed E-state index contributed by atoms with van der Waals surface area (Å²) < 4.78 is 5.28. The fourth-order valence-electron chi connectivity index (χ4n) is 1.45. The molecule has 0 saturated heterocycles. The van der Waals surface area contributed by atoms with Gasteiger partial charge in [0, 0.05) is 6.42 Å². The predicted molar refractivity (Wildman–Crippen MR) is 46.4 cm³/mol. The number of ether oxygens (including phenoxy) is 1. The fourth-order valence-corrected chi connectivity index (χ4v) is 1.45. The van der Waals surface area contributed by atoms with Crippen molar-refractivity contribution in [1.82, 2.24) is 0 Å². The quantitative estimate of drug-likeness (QED) is 0.636. The highest BCUT2D eigenvalue weighted by Crippen LogP contribution is 2.25. The zero-order chi connectivity index (χ0) is 9.26. The van der Waals surface area contributed by atoms with Gasteiger partial charge in [0.1, 0.15) is 12.4 Å².